The van der Waals surface area contributed by atoms with Crippen LogP contribution in [-0.4, -0.2) is 25.6 Å². The second-order valence-electron chi connectivity index (χ2n) is 3.93. The summed E-state index contributed by atoms with van der Waals surface area (Å²) in [5.41, 5.74) is 0.671. The number of aldehydes is 1. The molecule has 17 heavy (non-hydrogen) atoms. The summed E-state index contributed by atoms with van der Waals surface area (Å²) in [6.07, 6.45) is 1.97. The Morgan fingerprint density at radius 1 is 1.35 bits per heavy atom. The van der Waals surface area contributed by atoms with Crippen LogP contribution >= 0.6 is 22.6 Å². The lowest BCUT2D eigenvalue weighted by molar-refractivity contribution is 0.0694. The summed E-state index contributed by atoms with van der Waals surface area (Å²) in [4.78, 5) is 10.6. The molecule has 0 aromatic heterocycles. The monoisotopic (exact) mass is 348 g/mol. The number of carbonyl (C=O) groups excluding carboxylic acids is 1. The summed E-state index contributed by atoms with van der Waals surface area (Å²) < 4.78 is 12.0. The molecule has 0 fully saturated rings. The van der Waals surface area contributed by atoms with Crippen LogP contribution in [0.5, 0.6) is 5.75 Å². The van der Waals surface area contributed by atoms with Crippen LogP contribution < -0.4 is 4.74 Å². The van der Waals surface area contributed by atoms with Crippen molar-refractivity contribution in [2.24, 2.45) is 0 Å². The minimum absolute atomic E-state index is 0.266. The van der Waals surface area contributed by atoms with E-state index in [4.69, 9.17) is 9.47 Å². The Balaban J connectivity index is 2.34. The van der Waals surface area contributed by atoms with E-state index in [0.29, 0.717) is 18.8 Å². The average Bonchev–Trinajstić information content (AvgIpc) is 2.30. The number of hydrogen-bond donors (Lipinski definition) is 0. The Hall–Kier alpha value is -0.620. The van der Waals surface area contributed by atoms with E-state index in [0.717, 1.165) is 22.0 Å². The first-order valence-corrected chi connectivity index (χ1v) is 6.70. The number of hydrogen-bond acceptors (Lipinski definition) is 3. The van der Waals surface area contributed by atoms with Gasteiger partial charge in [-0.05, 0) is 54.6 Å². The van der Waals surface area contributed by atoms with Crippen molar-refractivity contribution in [3.05, 3.63) is 27.3 Å². The summed E-state index contributed by atoms with van der Waals surface area (Å²) in [5, 5.41) is 0. The smallest absolute Gasteiger partial charge is 0.150 e. The molecule has 0 aliphatic heterocycles. The fraction of sp³-hybridized carbons (Fsp3) is 0.462. The summed E-state index contributed by atoms with van der Waals surface area (Å²) >= 11 is 2.17. The third-order valence-corrected chi connectivity index (χ3v) is 2.93. The maximum Gasteiger partial charge on any atom is 0.150 e. The van der Waals surface area contributed by atoms with Crippen LogP contribution in [0.3, 0.4) is 0 Å². The molecule has 0 saturated heterocycles. The third kappa shape index (κ3) is 5.50. The van der Waals surface area contributed by atoms with Crippen LogP contribution in [0.1, 0.15) is 30.6 Å². The van der Waals surface area contributed by atoms with Crippen molar-refractivity contribution in [2.75, 3.05) is 13.2 Å². The first-order valence-electron chi connectivity index (χ1n) is 5.62. The lowest BCUT2D eigenvalue weighted by atomic mass is 10.2. The zero-order chi connectivity index (χ0) is 12.7. The topological polar surface area (TPSA) is 35.5 Å². The molecular weight excluding hydrogens is 331 g/mol. The van der Waals surface area contributed by atoms with Crippen LogP contribution in [0, 0.1) is 3.57 Å². The summed E-state index contributed by atoms with van der Waals surface area (Å²) in [7, 11) is 0. The van der Waals surface area contributed by atoms with Gasteiger partial charge in [-0.2, -0.15) is 0 Å². The Morgan fingerprint density at radius 3 is 2.71 bits per heavy atom. The predicted octanol–water partition coefficient (Wildman–Crippen LogP) is 3.30. The molecule has 1 rings (SSSR count). The van der Waals surface area contributed by atoms with Crippen LogP contribution in [0.2, 0.25) is 0 Å². The van der Waals surface area contributed by atoms with E-state index in [1.54, 1.807) is 6.07 Å². The highest BCUT2D eigenvalue weighted by Crippen LogP contribution is 2.21. The van der Waals surface area contributed by atoms with Crippen molar-refractivity contribution in [2.45, 2.75) is 26.4 Å². The molecular formula is C13H17IO3. The van der Waals surface area contributed by atoms with Gasteiger partial charge in [0, 0.05) is 12.0 Å². The molecule has 1 aromatic rings. The summed E-state index contributed by atoms with van der Waals surface area (Å²) in [6.45, 7) is 5.37. The molecule has 4 heteroatoms. The molecule has 0 aliphatic rings. The second-order valence-corrected chi connectivity index (χ2v) is 5.09. The van der Waals surface area contributed by atoms with Gasteiger partial charge in [-0.15, -0.1) is 0 Å². The van der Waals surface area contributed by atoms with E-state index in [-0.39, 0.29) is 6.10 Å². The number of halogens is 1. The molecule has 0 heterocycles. The van der Waals surface area contributed by atoms with Gasteiger partial charge in [0.1, 0.15) is 12.0 Å². The van der Waals surface area contributed by atoms with E-state index >= 15 is 0 Å². The zero-order valence-electron chi connectivity index (χ0n) is 10.1. The molecule has 0 unspecified atom stereocenters. The maximum atomic E-state index is 10.6. The highest BCUT2D eigenvalue weighted by molar-refractivity contribution is 14.1. The fourth-order valence-corrected chi connectivity index (χ4v) is 1.96. The SMILES string of the molecule is CC(C)OCCCOc1ccc(C=O)cc1I. The van der Waals surface area contributed by atoms with Crippen LogP contribution in [0.15, 0.2) is 18.2 Å². The van der Waals surface area contributed by atoms with Gasteiger partial charge in [0.25, 0.3) is 0 Å². The minimum Gasteiger partial charge on any atom is -0.492 e. The largest absolute Gasteiger partial charge is 0.492 e. The van der Waals surface area contributed by atoms with Crippen LogP contribution in [-0.2, 0) is 4.74 Å². The quantitative estimate of drug-likeness (QED) is 0.431. The predicted molar refractivity (Wildman–Crippen MR) is 75.7 cm³/mol. The van der Waals surface area contributed by atoms with Gasteiger partial charge in [0.05, 0.1) is 22.9 Å². The third-order valence-electron chi connectivity index (χ3n) is 2.09. The molecule has 0 N–H and O–H groups in total. The van der Waals surface area contributed by atoms with Gasteiger partial charge >= 0.3 is 0 Å². The van der Waals surface area contributed by atoms with Gasteiger partial charge in [0.15, 0.2) is 0 Å². The first kappa shape index (κ1) is 14.4. The van der Waals surface area contributed by atoms with Gasteiger partial charge in [-0.1, -0.05) is 0 Å². The standard InChI is InChI=1S/C13H17IO3/c1-10(2)16-6-3-7-17-13-5-4-11(9-15)8-12(13)14/h4-5,8-10H,3,6-7H2,1-2H3. The molecule has 0 aliphatic carbocycles. The van der Waals surface area contributed by atoms with Crippen molar-refractivity contribution in [3.8, 4) is 5.75 Å². The molecule has 0 radical (unpaired) electrons. The van der Waals surface area contributed by atoms with Gasteiger partial charge < -0.3 is 9.47 Å². The average molecular weight is 348 g/mol. The van der Waals surface area contributed by atoms with Gasteiger partial charge in [-0.3, -0.25) is 4.79 Å². The van der Waals surface area contributed by atoms with E-state index in [1.807, 2.05) is 26.0 Å². The molecule has 1 aromatic carbocycles. The molecule has 0 atom stereocenters. The molecule has 0 amide bonds. The Kier molecular flexibility index (Phi) is 6.50. The van der Waals surface area contributed by atoms with Crippen molar-refractivity contribution in [1.29, 1.82) is 0 Å². The van der Waals surface area contributed by atoms with Crippen LogP contribution in [0.25, 0.3) is 0 Å². The lowest BCUT2D eigenvalue weighted by Crippen LogP contribution is -2.08. The zero-order valence-corrected chi connectivity index (χ0v) is 12.3. The first-order chi connectivity index (χ1) is 8.13. The van der Waals surface area contributed by atoms with Crippen molar-refractivity contribution >= 4 is 28.9 Å². The summed E-state index contributed by atoms with van der Waals surface area (Å²) in [6, 6.07) is 5.40. The Labute approximate surface area is 116 Å². The van der Waals surface area contributed by atoms with Crippen LogP contribution in [0.4, 0.5) is 0 Å². The van der Waals surface area contributed by atoms with E-state index in [2.05, 4.69) is 22.6 Å². The van der Waals surface area contributed by atoms with E-state index < -0.39 is 0 Å². The highest BCUT2D eigenvalue weighted by Gasteiger charge is 2.02. The molecule has 0 spiro atoms. The normalized spacial score (nSPS) is 10.6. The lowest BCUT2D eigenvalue weighted by Gasteiger charge is -2.10. The van der Waals surface area contributed by atoms with Gasteiger partial charge in [-0.25, -0.2) is 0 Å². The highest BCUT2D eigenvalue weighted by atomic mass is 127. The molecule has 0 bridgehead atoms. The maximum absolute atomic E-state index is 10.6. The van der Waals surface area contributed by atoms with Crippen molar-refractivity contribution in [3.63, 3.8) is 0 Å². The van der Waals surface area contributed by atoms with E-state index in [1.165, 1.54) is 0 Å². The summed E-state index contributed by atoms with van der Waals surface area (Å²) in [5.74, 6) is 0.820. The van der Waals surface area contributed by atoms with Gasteiger partial charge in [0.2, 0.25) is 0 Å². The van der Waals surface area contributed by atoms with Crippen molar-refractivity contribution in [1.82, 2.24) is 0 Å². The fourth-order valence-electron chi connectivity index (χ4n) is 1.27. The minimum atomic E-state index is 0.266. The van der Waals surface area contributed by atoms with Crippen molar-refractivity contribution < 1.29 is 14.3 Å². The molecule has 94 valence electrons. The number of carbonyl (C=O) groups is 1. The number of rotatable bonds is 7. The Morgan fingerprint density at radius 2 is 2.12 bits per heavy atom. The Bertz CT molecular complexity index is 364. The molecule has 0 saturated carbocycles. The second kappa shape index (κ2) is 7.66. The number of benzene rings is 1. The molecule has 3 nitrogen and oxygen atoms in total. The number of ether oxygens (including phenoxy) is 2. The van der Waals surface area contributed by atoms with E-state index in [9.17, 15) is 4.79 Å².